The van der Waals surface area contributed by atoms with Gasteiger partial charge in [-0.1, -0.05) is 12.2 Å². The van der Waals surface area contributed by atoms with E-state index in [9.17, 15) is 4.79 Å². The molecule has 0 aromatic carbocycles. The zero-order valence-corrected chi connectivity index (χ0v) is 16.9. The fraction of sp³-hybridized carbons (Fsp3) is 0.571. The van der Waals surface area contributed by atoms with Crippen molar-refractivity contribution in [2.75, 3.05) is 45.9 Å². The lowest BCUT2D eigenvalue weighted by atomic mass is 9.94. The number of hydrogen-bond acceptors (Lipinski definition) is 4. The molecule has 146 valence electrons. The van der Waals surface area contributed by atoms with Gasteiger partial charge in [-0.25, -0.2) is 0 Å². The number of carbonyl (C=O) groups is 1. The van der Waals surface area contributed by atoms with E-state index in [1.54, 1.807) is 11.3 Å². The highest BCUT2D eigenvalue weighted by atomic mass is 32.1. The number of nitrogens with zero attached hydrogens (tertiary/aromatic N) is 3. The van der Waals surface area contributed by atoms with Gasteiger partial charge in [0, 0.05) is 39.8 Å². The van der Waals surface area contributed by atoms with E-state index < -0.39 is 0 Å². The average molecular weight is 388 g/mol. The minimum Gasteiger partial charge on any atom is -0.379 e. The van der Waals surface area contributed by atoms with E-state index in [0.29, 0.717) is 5.92 Å². The molecule has 5 nitrogen and oxygen atoms in total. The fourth-order valence-electron chi connectivity index (χ4n) is 4.11. The zero-order chi connectivity index (χ0) is 18.6. The average Bonchev–Trinajstić information content (AvgIpc) is 3.29. The third kappa shape index (κ3) is 4.28. The van der Waals surface area contributed by atoms with Crippen molar-refractivity contribution in [3.63, 3.8) is 0 Å². The van der Waals surface area contributed by atoms with Crippen molar-refractivity contribution in [2.45, 2.75) is 19.3 Å². The Kier molecular flexibility index (Phi) is 5.95. The number of amides is 1. The Bertz CT molecular complexity index is 804. The van der Waals surface area contributed by atoms with Crippen LogP contribution in [0.25, 0.3) is 10.2 Å². The monoisotopic (exact) mass is 387 g/mol. The van der Waals surface area contributed by atoms with Crippen LogP contribution in [0.2, 0.25) is 0 Å². The van der Waals surface area contributed by atoms with Crippen molar-refractivity contribution < 1.29 is 9.53 Å². The summed E-state index contributed by atoms with van der Waals surface area (Å²) in [6.45, 7) is 6.10. The molecule has 1 aliphatic heterocycles. The smallest absolute Gasteiger partial charge is 0.270 e. The minimum atomic E-state index is 0.170. The van der Waals surface area contributed by atoms with Gasteiger partial charge in [0.15, 0.2) is 0 Å². The number of rotatable bonds is 6. The van der Waals surface area contributed by atoms with Crippen LogP contribution in [0.3, 0.4) is 0 Å². The summed E-state index contributed by atoms with van der Waals surface area (Å²) < 4.78 is 8.70. The molecule has 2 aliphatic rings. The quantitative estimate of drug-likeness (QED) is 0.713. The Morgan fingerprint density at radius 2 is 2.19 bits per heavy atom. The molecular weight excluding hydrogens is 358 g/mol. The molecule has 1 aliphatic carbocycles. The number of hydrogen-bond donors (Lipinski definition) is 0. The van der Waals surface area contributed by atoms with Gasteiger partial charge in [-0.05, 0) is 42.7 Å². The molecule has 1 unspecified atom stereocenters. The van der Waals surface area contributed by atoms with Gasteiger partial charge in [-0.15, -0.1) is 11.3 Å². The maximum Gasteiger partial charge on any atom is 0.270 e. The van der Waals surface area contributed by atoms with E-state index in [0.717, 1.165) is 70.0 Å². The number of fused-ring (bicyclic) bond motifs is 1. The lowest BCUT2D eigenvalue weighted by Gasteiger charge is -2.32. The minimum absolute atomic E-state index is 0.170. The molecule has 1 saturated heterocycles. The maximum absolute atomic E-state index is 13.4. The van der Waals surface area contributed by atoms with Crippen LogP contribution in [0.5, 0.6) is 0 Å². The second-order valence-corrected chi connectivity index (χ2v) is 8.56. The molecule has 3 heterocycles. The molecule has 2 aromatic heterocycles. The summed E-state index contributed by atoms with van der Waals surface area (Å²) in [5.74, 6) is 0.744. The number of morpholine rings is 1. The van der Waals surface area contributed by atoms with Crippen LogP contribution in [0.4, 0.5) is 0 Å². The van der Waals surface area contributed by atoms with Crippen LogP contribution >= 0.6 is 11.3 Å². The highest BCUT2D eigenvalue weighted by molar-refractivity contribution is 7.17. The standard InChI is InChI=1S/C21H29N3O2S/c1-22-18-7-14-27-20(18)15-19(22)21(25)24(16-17-5-3-2-4-6-17)9-8-23-10-12-26-13-11-23/h2-3,7,14-15,17H,4-6,8-13,16H2,1H3. The predicted octanol–water partition coefficient (Wildman–Crippen LogP) is 3.37. The number of aryl methyl sites for hydroxylation is 1. The van der Waals surface area contributed by atoms with Gasteiger partial charge in [0.1, 0.15) is 5.69 Å². The third-order valence-corrected chi connectivity index (χ3v) is 6.67. The van der Waals surface area contributed by atoms with Crippen molar-refractivity contribution >= 4 is 27.5 Å². The maximum atomic E-state index is 13.4. The van der Waals surface area contributed by atoms with Gasteiger partial charge in [-0.2, -0.15) is 0 Å². The Morgan fingerprint density at radius 3 is 2.93 bits per heavy atom. The summed E-state index contributed by atoms with van der Waals surface area (Å²) in [4.78, 5) is 17.9. The molecule has 0 saturated carbocycles. The molecule has 27 heavy (non-hydrogen) atoms. The molecule has 0 bridgehead atoms. The number of ether oxygens (including phenoxy) is 1. The van der Waals surface area contributed by atoms with E-state index in [1.165, 1.54) is 11.1 Å². The molecule has 0 radical (unpaired) electrons. The Labute approximate surface area is 165 Å². The van der Waals surface area contributed by atoms with Gasteiger partial charge in [-0.3, -0.25) is 9.69 Å². The van der Waals surface area contributed by atoms with E-state index in [2.05, 4.69) is 44.0 Å². The van der Waals surface area contributed by atoms with Gasteiger partial charge >= 0.3 is 0 Å². The van der Waals surface area contributed by atoms with Gasteiger partial charge < -0.3 is 14.2 Å². The zero-order valence-electron chi connectivity index (χ0n) is 16.1. The Balaban J connectivity index is 1.49. The SMILES string of the molecule is Cn1c(C(=O)N(CCN2CCOCC2)CC2CC=CCC2)cc2sccc21. The topological polar surface area (TPSA) is 37.7 Å². The molecular formula is C21H29N3O2S. The summed E-state index contributed by atoms with van der Waals surface area (Å²) in [5, 5.41) is 2.09. The van der Waals surface area contributed by atoms with Crippen LogP contribution < -0.4 is 0 Å². The summed E-state index contributed by atoms with van der Waals surface area (Å²) in [7, 11) is 2.01. The first-order valence-corrected chi connectivity index (χ1v) is 10.9. The van der Waals surface area contributed by atoms with Gasteiger partial charge in [0.05, 0.1) is 23.4 Å². The molecule has 2 aromatic rings. The van der Waals surface area contributed by atoms with E-state index in [1.807, 2.05) is 7.05 Å². The first-order chi connectivity index (χ1) is 13.2. The van der Waals surface area contributed by atoms with Gasteiger partial charge in [0.2, 0.25) is 0 Å². The fourth-order valence-corrected chi connectivity index (χ4v) is 4.96. The van der Waals surface area contributed by atoms with E-state index in [-0.39, 0.29) is 5.91 Å². The first kappa shape index (κ1) is 18.7. The Hall–Kier alpha value is -1.63. The van der Waals surface area contributed by atoms with Gasteiger partial charge in [0.25, 0.3) is 5.91 Å². The molecule has 0 spiro atoms. The second kappa shape index (κ2) is 8.59. The molecule has 1 amide bonds. The number of carbonyl (C=O) groups excluding carboxylic acids is 1. The molecule has 1 fully saturated rings. The number of allylic oxidation sites excluding steroid dienone is 2. The molecule has 4 rings (SSSR count). The lowest BCUT2D eigenvalue weighted by molar-refractivity contribution is 0.0313. The van der Waals surface area contributed by atoms with Crippen molar-refractivity contribution in [1.29, 1.82) is 0 Å². The second-order valence-electron chi connectivity index (χ2n) is 7.61. The van der Waals surface area contributed by atoms with Crippen LogP contribution in [-0.4, -0.2) is 66.2 Å². The third-order valence-electron chi connectivity index (χ3n) is 5.82. The summed E-state index contributed by atoms with van der Waals surface area (Å²) in [5.41, 5.74) is 1.96. The first-order valence-electron chi connectivity index (χ1n) is 9.99. The van der Waals surface area contributed by atoms with Crippen molar-refractivity contribution in [2.24, 2.45) is 13.0 Å². The number of thiophene rings is 1. The Morgan fingerprint density at radius 1 is 1.33 bits per heavy atom. The van der Waals surface area contributed by atoms with Crippen molar-refractivity contribution in [3.05, 3.63) is 35.4 Å². The van der Waals surface area contributed by atoms with Crippen molar-refractivity contribution in [3.8, 4) is 0 Å². The summed E-state index contributed by atoms with van der Waals surface area (Å²) in [6, 6.07) is 4.16. The van der Waals surface area contributed by atoms with Crippen LogP contribution in [0.1, 0.15) is 29.8 Å². The van der Waals surface area contributed by atoms with Crippen molar-refractivity contribution in [1.82, 2.24) is 14.4 Å². The molecule has 1 atom stereocenters. The van der Waals surface area contributed by atoms with E-state index >= 15 is 0 Å². The predicted molar refractivity (Wildman–Crippen MR) is 110 cm³/mol. The van der Waals surface area contributed by atoms with Crippen LogP contribution in [-0.2, 0) is 11.8 Å². The van der Waals surface area contributed by atoms with Crippen LogP contribution in [0.15, 0.2) is 29.7 Å². The largest absolute Gasteiger partial charge is 0.379 e. The highest BCUT2D eigenvalue weighted by Gasteiger charge is 2.24. The summed E-state index contributed by atoms with van der Waals surface area (Å²) in [6.07, 6.45) is 7.94. The van der Waals surface area contributed by atoms with E-state index in [4.69, 9.17) is 4.74 Å². The normalized spacial score (nSPS) is 21.0. The highest BCUT2D eigenvalue weighted by Crippen LogP contribution is 2.26. The lowest BCUT2D eigenvalue weighted by Crippen LogP contribution is -2.44. The van der Waals surface area contributed by atoms with Crippen LogP contribution in [0, 0.1) is 5.92 Å². The summed E-state index contributed by atoms with van der Waals surface area (Å²) >= 11 is 1.70. The number of aromatic nitrogens is 1. The molecule has 0 N–H and O–H groups in total. The molecule has 6 heteroatoms.